The van der Waals surface area contributed by atoms with Crippen LogP contribution in [-0.4, -0.2) is 46.1 Å². The molecule has 2 saturated heterocycles. The van der Waals surface area contributed by atoms with Crippen molar-refractivity contribution in [2.45, 2.75) is 44.9 Å². The summed E-state index contributed by atoms with van der Waals surface area (Å²) in [5, 5.41) is 4.60. The van der Waals surface area contributed by atoms with Gasteiger partial charge in [-0.1, -0.05) is 41.1 Å². The summed E-state index contributed by atoms with van der Waals surface area (Å²) in [7, 11) is 1.70. The van der Waals surface area contributed by atoms with Crippen LogP contribution in [0.4, 0.5) is 0 Å². The van der Waals surface area contributed by atoms with Crippen molar-refractivity contribution in [2.24, 2.45) is 5.16 Å². The van der Waals surface area contributed by atoms with E-state index in [0.29, 0.717) is 0 Å². The van der Waals surface area contributed by atoms with Gasteiger partial charge >= 0.3 is 0 Å². The number of nitrogens with zero attached hydrogens (tertiary/aromatic N) is 4. The minimum absolute atomic E-state index is 0.205. The van der Waals surface area contributed by atoms with E-state index in [1.54, 1.807) is 13.4 Å². The molecule has 3 aromatic rings. The van der Waals surface area contributed by atoms with Gasteiger partial charge in [0.25, 0.3) is 0 Å². The van der Waals surface area contributed by atoms with Gasteiger partial charge in [0, 0.05) is 37.1 Å². The normalized spacial score (nSPS) is 26.3. The van der Waals surface area contributed by atoms with E-state index < -0.39 is 5.72 Å². The van der Waals surface area contributed by atoms with Crippen LogP contribution in [0.2, 0.25) is 0 Å². The molecule has 2 fully saturated rings. The predicted octanol–water partition coefficient (Wildman–Crippen LogP) is 4.96. The highest BCUT2D eigenvalue weighted by Crippen LogP contribution is 2.47. The number of aromatic nitrogens is 2. The van der Waals surface area contributed by atoms with Gasteiger partial charge in [-0.05, 0) is 37.6 Å². The summed E-state index contributed by atoms with van der Waals surface area (Å²) in [6.07, 6.45) is 7.81. The third kappa shape index (κ3) is 3.62. The number of ether oxygens (including phenoxy) is 2. The third-order valence-electron chi connectivity index (χ3n) is 7.41. The van der Waals surface area contributed by atoms with Crippen LogP contribution in [0, 0.1) is 13.8 Å². The number of amidine groups is 1. The molecule has 4 heterocycles. The van der Waals surface area contributed by atoms with Gasteiger partial charge in [-0.25, -0.2) is 4.98 Å². The Morgan fingerprint density at radius 2 is 1.91 bits per heavy atom. The molecule has 7 heteroatoms. The van der Waals surface area contributed by atoms with E-state index in [2.05, 4.69) is 77.4 Å². The molecule has 0 bridgehead atoms. The summed E-state index contributed by atoms with van der Waals surface area (Å²) < 4.78 is 13.9. The topological polar surface area (TPSA) is 61.1 Å². The highest BCUT2D eigenvalue weighted by atomic mass is 16.7. The summed E-state index contributed by atoms with van der Waals surface area (Å²) in [5.74, 6) is 1.66. The molecule has 0 radical (unpaired) electrons. The molecule has 180 valence electrons. The van der Waals surface area contributed by atoms with Crippen LogP contribution in [0.1, 0.15) is 42.1 Å². The Morgan fingerprint density at radius 3 is 2.57 bits per heavy atom. The molecule has 3 aliphatic rings. The molecule has 7 nitrogen and oxygen atoms in total. The average Bonchev–Trinajstić information content (AvgIpc) is 3.42. The molecule has 1 aromatic heterocycles. The Balaban J connectivity index is 1.37. The lowest BCUT2D eigenvalue weighted by molar-refractivity contribution is -0.183. The highest BCUT2D eigenvalue weighted by Gasteiger charge is 2.54. The average molecular weight is 471 g/mol. The van der Waals surface area contributed by atoms with E-state index in [-0.39, 0.29) is 5.60 Å². The lowest BCUT2D eigenvalue weighted by Gasteiger charge is -2.51. The van der Waals surface area contributed by atoms with E-state index in [1.807, 2.05) is 17.7 Å². The molecule has 2 atom stereocenters. The fraction of sp³-hybridized carbons (Fsp3) is 0.357. The quantitative estimate of drug-likeness (QED) is 0.539. The van der Waals surface area contributed by atoms with E-state index in [0.717, 1.165) is 65.7 Å². The number of benzene rings is 2. The largest absolute Gasteiger partial charge is 0.495 e. The summed E-state index contributed by atoms with van der Waals surface area (Å²) in [5.41, 5.74) is 5.49. The first kappa shape index (κ1) is 21.9. The highest BCUT2D eigenvalue weighted by molar-refractivity contribution is 6.04. The van der Waals surface area contributed by atoms with Crippen LogP contribution in [0.3, 0.4) is 0 Å². The van der Waals surface area contributed by atoms with Gasteiger partial charge in [0.2, 0.25) is 5.72 Å². The number of oxime groups is 1. The van der Waals surface area contributed by atoms with Crippen molar-refractivity contribution >= 4 is 11.9 Å². The number of methoxy groups -OCH3 is 1. The van der Waals surface area contributed by atoms with Gasteiger partial charge in [-0.2, -0.15) is 0 Å². The summed E-state index contributed by atoms with van der Waals surface area (Å²) in [4.78, 5) is 12.8. The Hall–Kier alpha value is -3.58. The number of aryl methyl sites for hydroxylation is 2. The fourth-order valence-electron chi connectivity index (χ4n) is 5.25. The molecule has 35 heavy (non-hydrogen) atoms. The standard InChI is InChI=1S/C28H30N4O3/c1-19-5-8-23(9-6-19)27(3)32-17-28(11-12-34-28)15-22(26(32)30-35-27)13-21-7-10-24(25(14-21)33-4)31-16-20(2)29-18-31/h5-10,13-14,16,18H,11-12,15,17H2,1-4H3/b22-13+. The monoisotopic (exact) mass is 470 g/mol. The maximum absolute atomic E-state index is 6.18. The molecule has 2 unspecified atom stereocenters. The second-order valence-electron chi connectivity index (χ2n) is 9.92. The molecule has 0 saturated carbocycles. The molecule has 0 aliphatic carbocycles. The number of rotatable bonds is 4. The first-order valence-corrected chi connectivity index (χ1v) is 12.0. The van der Waals surface area contributed by atoms with Gasteiger partial charge in [0.05, 0.1) is 43.6 Å². The molecular formula is C28H30N4O3. The zero-order chi connectivity index (χ0) is 24.2. The fourth-order valence-corrected chi connectivity index (χ4v) is 5.25. The van der Waals surface area contributed by atoms with Gasteiger partial charge in [0.15, 0.2) is 5.84 Å². The van der Waals surface area contributed by atoms with Crippen molar-refractivity contribution in [2.75, 3.05) is 20.3 Å². The summed E-state index contributed by atoms with van der Waals surface area (Å²) >= 11 is 0. The maximum Gasteiger partial charge on any atom is 0.234 e. The SMILES string of the molecule is COc1cc(/C=C2\CC3(CCO3)CN3C2=NOC3(C)c2ccc(C)cc2)ccc1-n1cnc(C)c1. The zero-order valence-corrected chi connectivity index (χ0v) is 20.6. The van der Waals surface area contributed by atoms with Crippen molar-refractivity contribution in [3.63, 3.8) is 0 Å². The number of hydrogen-bond acceptors (Lipinski definition) is 6. The minimum Gasteiger partial charge on any atom is -0.495 e. The summed E-state index contributed by atoms with van der Waals surface area (Å²) in [6, 6.07) is 14.7. The van der Waals surface area contributed by atoms with Crippen molar-refractivity contribution < 1.29 is 14.3 Å². The molecule has 0 N–H and O–H groups in total. The predicted molar refractivity (Wildman–Crippen MR) is 135 cm³/mol. The first-order chi connectivity index (χ1) is 16.9. The first-order valence-electron chi connectivity index (χ1n) is 12.0. The van der Waals surface area contributed by atoms with Gasteiger partial charge in [0.1, 0.15) is 5.75 Å². The van der Waals surface area contributed by atoms with Crippen LogP contribution in [0.5, 0.6) is 5.75 Å². The number of fused-ring (bicyclic) bond motifs is 1. The smallest absolute Gasteiger partial charge is 0.234 e. The lowest BCUT2D eigenvalue weighted by atomic mass is 9.80. The van der Waals surface area contributed by atoms with Crippen LogP contribution < -0.4 is 4.74 Å². The van der Waals surface area contributed by atoms with Crippen molar-refractivity contribution in [1.82, 2.24) is 14.5 Å². The van der Waals surface area contributed by atoms with Gasteiger partial charge < -0.3 is 23.8 Å². The van der Waals surface area contributed by atoms with E-state index in [1.165, 1.54) is 5.56 Å². The molecule has 0 amide bonds. The number of hydrogen-bond donors (Lipinski definition) is 0. The number of imidazole rings is 1. The summed E-state index contributed by atoms with van der Waals surface area (Å²) in [6.45, 7) is 7.71. The van der Waals surface area contributed by atoms with Crippen LogP contribution in [-0.2, 0) is 15.3 Å². The second-order valence-corrected chi connectivity index (χ2v) is 9.92. The van der Waals surface area contributed by atoms with Crippen LogP contribution >= 0.6 is 0 Å². The number of piperidine rings is 1. The Kier molecular flexibility index (Phi) is 5.00. The van der Waals surface area contributed by atoms with Crippen LogP contribution in [0.15, 0.2) is 65.7 Å². The molecule has 1 spiro atoms. The zero-order valence-electron chi connectivity index (χ0n) is 20.6. The Labute approximate surface area is 205 Å². The molecule has 3 aliphatic heterocycles. The third-order valence-corrected chi connectivity index (χ3v) is 7.41. The van der Waals surface area contributed by atoms with Crippen molar-refractivity contribution in [3.8, 4) is 11.4 Å². The minimum atomic E-state index is -0.671. The lowest BCUT2D eigenvalue weighted by Crippen LogP contribution is -2.61. The maximum atomic E-state index is 6.18. The van der Waals surface area contributed by atoms with Crippen molar-refractivity contribution in [3.05, 3.63) is 82.9 Å². The van der Waals surface area contributed by atoms with E-state index >= 15 is 0 Å². The van der Waals surface area contributed by atoms with Crippen molar-refractivity contribution in [1.29, 1.82) is 0 Å². The Morgan fingerprint density at radius 1 is 1.11 bits per heavy atom. The van der Waals surface area contributed by atoms with E-state index in [9.17, 15) is 0 Å². The van der Waals surface area contributed by atoms with Gasteiger partial charge in [-0.15, -0.1) is 0 Å². The molecule has 2 aromatic carbocycles. The van der Waals surface area contributed by atoms with E-state index in [4.69, 9.17) is 14.3 Å². The second kappa shape index (κ2) is 7.99. The van der Waals surface area contributed by atoms with Crippen LogP contribution in [0.25, 0.3) is 11.8 Å². The molecule has 6 rings (SSSR count). The Bertz CT molecular complexity index is 1340. The molecular weight excluding hydrogens is 440 g/mol. The van der Waals surface area contributed by atoms with Gasteiger partial charge in [-0.3, -0.25) is 0 Å².